The standard InChI is InChI=1S/C13H17N5O6/c1-13(3-20)5(2-19)24-11(8(13)21)18-4-15-6-7(18)10(23)17-12(14)16-9(6)22/h4-5,8,11,19-21H,2-3H2,1H3,(H3,14,16,17,22,23). The third kappa shape index (κ3) is 2.21. The molecular formula is C13H17N5O6. The fourth-order valence-corrected chi connectivity index (χ4v) is 2.88. The van der Waals surface area contributed by atoms with Crippen LogP contribution in [0.25, 0.3) is 11.0 Å². The Morgan fingerprint density at radius 2 is 2.17 bits per heavy atom. The molecule has 130 valence electrons. The van der Waals surface area contributed by atoms with Crippen molar-refractivity contribution >= 4 is 17.0 Å². The van der Waals surface area contributed by atoms with Gasteiger partial charge in [0.2, 0.25) is 5.95 Å². The summed E-state index contributed by atoms with van der Waals surface area (Å²) in [6.07, 6.45) is -2.10. The van der Waals surface area contributed by atoms with Crippen molar-refractivity contribution in [3.8, 4) is 0 Å². The Morgan fingerprint density at radius 3 is 2.75 bits per heavy atom. The Hall–Kier alpha value is -2.34. The lowest BCUT2D eigenvalue weighted by Crippen LogP contribution is -2.42. The van der Waals surface area contributed by atoms with E-state index < -0.39 is 48.2 Å². The van der Waals surface area contributed by atoms with Crippen LogP contribution < -0.4 is 16.9 Å². The Morgan fingerprint density at radius 1 is 1.46 bits per heavy atom. The topological polar surface area (TPSA) is 177 Å². The largest absolute Gasteiger partial charge is 0.396 e. The summed E-state index contributed by atoms with van der Waals surface area (Å²) in [6, 6.07) is 0. The lowest BCUT2D eigenvalue weighted by atomic mass is 9.81. The molecule has 1 aliphatic heterocycles. The number of nitrogens with two attached hydrogens (primary N) is 1. The van der Waals surface area contributed by atoms with Crippen LogP contribution in [0, 0.1) is 5.41 Å². The van der Waals surface area contributed by atoms with Gasteiger partial charge in [0, 0.05) is 5.41 Å². The SMILES string of the molecule is CC1(CO)C(CO)OC(n2cnc3c(=O)nc(N)[nH]c(=O)c32)C1O. The molecule has 6 N–H and O–H groups in total. The third-order valence-corrected chi connectivity index (χ3v) is 4.44. The second-order valence-corrected chi connectivity index (χ2v) is 5.91. The van der Waals surface area contributed by atoms with E-state index in [1.165, 1.54) is 4.57 Å². The van der Waals surface area contributed by atoms with Crippen molar-refractivity contribution in [2.24, 2.45) is 5.41 Å². The molecule has 0 aromatic carbocycles. The summed E-state index contributed by atoms with van der Waals surface area (Å²) in [5.41, 5.74) is 2.30. The molecule has 0 aliphatic carbocycles. The van der Waals surface area contributed by atoms with Crippen molar-refractivity contribution in [1.29, 1.82) is 0 Å². The van der Waals surface area contributed by atoms with Gasteiger partial charge in [0.1, 0.15) is 11.6 Å². The Labute approximate surface area is 134 Å². The molecule has 1 aliphatic rings. The number of ether oxygens (including phenoxy) is 1. The van der Waals surface area contributed by atoms with Crippen LogP contribution in [0.15, 0.2) is 15.9 Å². The molecule has 0 saturated carbocycles. The van der Waals surface area contributed by atoms with Gasteiger partial charge in [0.25, 0.3) is 5.56 Å². The number of fused-ring (bicyclic) bond motifs is 1. The zero-order chi connectivity index (χ0) is 17.6. The number of aromatic amines is 1. The number of hydrogen-bond acceptors (Lipinski definition) is 9. The number of nitrogens with zero attached hydrogens (tertiary/aromatic N) is 3. The molecule has 3 rings (SSSR count). The fourth-order valence-electron chi connectivity index (χ4n) is 2.88. The molecule has 11 heteroatoms. The smallest absolute Gasteiger partial charge is 0.301 e. The average Bonchev–Trinajstić information content (AvgIpc) is 3.05. The minimum atomic E-state index is -1.26. The minimum Gasteiger partial charge on any atom is -0.396 e. The summed E-state index contributed by atoms with van der Waals surface area (Å²) < 4.78 is 6.77. The molecule has 2 aromatic rings. The number of nitrogens with one attached hydrogen (secondary N) is 1. The maximum atomic E-state index is 12.3. The van der Waals surface area contributed by atoms with E-state index in [-0.39, 0.29) is 17.0 Å². The van der Waals surface area contributed by atoms with Crippen LogP contribution in [0.5, 0.6) is 0 Å². The number of aliphatic hydroxyl groups is 3. The van der Waals surface area contributed by atoms with Gasteiger partial charge in [0.05, 0.1) is 25.6 Å². The number of aliphatic hydroxyl groups excluding tert-OH is 3. The first-order valence-electron chi connectivity index (χ1n) is 7.15. The van der Waals surface area contributed by atoms with Gasteiger partial charge < -0.3 is 25.8 Å². The molecule has 0 bridgehead atoms. The molecule has 1 fully saturated rings. The van der Waals surface area contributed by atoms with E-state index >= 15 is 0 Å². The molecule has 0 spiro atoms. The first-order chi connectivity index (χ1) is 11.3. The van der Waals surface area contributed by atoms with Gasteiger partial charge in [-0.3, -0.25) is 19.1 Å². The van der Waals surface area contributed by atoms with Crippen LogP contribution in [-0.4, -0.2) is 60.3 Å². The predicted molar refractivity (Wildman–Crippen MR) is 81.0 cm³/mol. The summed E-state index contributed by atoms with van der Waals surface area (Å²) in [6.45, 7) is 0.650. The van der Waals surface area contributed by atoms with E-state index in [0.29, 0.717) is 0 Å². The molecule has 24 heavy (non-hydrogen) atoms. The Balaban J connectivity index is 2.22. The molecule has 0 radical (unpaired) electrons. The highest BCUT2D eigenvalue weighted by molar-refractivity contribution is 5.72. The predicted octanol–water partition coefficient (Wildman–Crippen LogP) is -2.69. The van der Waals surface area contributed by atoms with Crippen LogP contribution in [0.4, 0.5) is 5.95 Å². The molecule has 2 aromatic heterocycles. The number of rotatable bonds is 3. The van der Waals surface area contributed by atoms with E-state index in [1.54, 1.807) is 6.92 Å². The lowest BCUT2D eigenvalue weighted by Gasteiger charge is -2.29. The van der Waals surface area contributed by atoms with Crippen LogP contribution in [0.3, 0.4) is 0 Å². The van der Waals surface area contributed by atoms with Crippen molar-refractivity contribution < 1.29 is 20.1 Å². The summed E-state index contributed by atoms with van der Waals surface area (Å²) in [5.74, 6) is -0.365. The number of aromatic nitrogens is 4. The normalized spacial score (nSPS) is 30.1. The van der Waals surface area contributed by atoms with Gasteiger partial charge in [-0.25, -0.2) is 4.98 Å². The van der Waals surface area contributed by atoms with E-state index in [2.05, 4.69) is 15.0 Å². The van der Waals surface area contributed by atoms with Gasteiger partial charge >= 0.3 is 5.56 Å². The number of anilines is 1. The highest BCUT2D eigenvalue weighted by atomic mass is 16.5. The average molecular weight is 339 g/mol. The third-order valence-electron chi connectivity index (χ3n) is 4.44. The van der Waals surface area contributed by atoms with Crippen LogP contribution in [0.1, 0.15) is 13.2 Å². The zero-order valence-electron chi connectivity index (χ0n) is 12.7. The van der Waals surface area contributed by atoms with E-state index in [4.69, 9.17) is 10.5 Å². The molecular weight excluding hydrogens is 322 g/mol. The molecule has 0 amide bonds. The van der Waals surface area contributed by atoms with Crippen molar-refractivity contribution in [3.63, 3.8) is 0 Å². The van der Waals surface area contributed by atoms with Crippen molar-refractivity contribution in [2.75, 3.05) is 18.9 Å². The van der Waals surface area contributed by atoms with Crippen LogP contribution in [-0.2, 0) is 4.74 Å². The first-order valence-corrected chi connectivity index (χ1v) is 7.15. The summed E-state index contributed by atoms with van der Waals surface area (Å²) in [7, 11) is 0. The second kappa shape index (κ2) is 5.63. The molecule has 11 nitrogen and oxygen atoms in total. The number of hydrogen-bond donors (Lipinski definition) is 5. The zero-order valence-corrected chi connectivity index (χ0v) is 12.7. The van der Waals surface area contributed by atoms with Crippen LogP contribution >= 0.6 is 0 Å². The summed E-state index contributed by atoms with van der Waals surface area (Å²) in [4.78, 5) is 33.8. The van der Waals surface area contributed by atoms with Gasteiger partial charge in [-0.15, -0.1) is 0 Å². The number of imidazole rings is 1. The highest BCUT2D eigenvalue weighted by Gasteiger charge is 2.53. The van der Waals surface area contributed by atoms with E-state index in [9.17, 15) is 24.9 Å². The van der Waals surface area contributed by atoms with Gasteiger partial charge in [-0.1, -0.05) is 6.92 Å². The van der Waals surface area contributed by atoms with Crippen molar-refractivity contribution in [1.82, 2.24) is 19.5 Å². The fraction of sp³-hybridized carbons (Fsp3) is 0.538. The van der Waals surface area contributed by atoms with Gasteiger partial charge in [0.15, 0.2) is 11.7 Å². The van der Waals surface area contributed by atoms with Crippen molar-refractivity contribution in [2.45, 2.75) is 25.4 Å². The first kappa shape index (κ1) is 16.5. The minimum absolute atomic E-state index is 0.174. The highest BCUT2D eigenvalue weighted by Crippen LogP contribution is 2.43. The Kier molecular flexibility index (Phi) is 3.87. The van der Waals surface area contributed by atoms with Crippen LogP contribution in [0.2, 0.25) is 0 Å². The molecule has 1 saturated heterocycles. The van der Waals surface area contributed by atoms with Crippen molar-refractivity contribution in [3.05, 3.63) is 27.0 Å². The lowest BCUT2D eigenvalue weighted by molar-refractivity contribution is -0.0537. The Bertz CT molecular complexity index is 895. The second-order valence-electron chi connectivity index (χ2n) is 5.91. The molecule has 3 heterocycles. The quantitative estimate of drug-likeness (QED) is 0.398. The number of H-pyrrole nitrogens is 1. The molecule has 4 atom stereocenters. The number of nitrogen functional groups attached to an aromatic ring is 1. The maximum Gasteiger partial charge on any atom is 0.301 e. The van der Waals surface area contributed by atoms with E-state index in [0.717, 1.165) is 6.33 Å². The maximum absolute atomic E-state index is 12.3. The van der Waals surface area contributed by atoms with Gasteiger partial charge in [-0.2, -0.15) is 4.98 Å². The summed E-state index contributed by atoms with van der Waals surface area (Å²) in [5, 5.41) is 29.6. The van der Waals surface area contributed by atoms with Gasteiger partial charge in [-0.05, 0) is 0 Å². The monoisotopic (exact) mass is 339 g/mol. The van der Waals surface area contributed by atoms with E-state index in [1.807, 2.05) is 0 Å². The summed E-state index contributed by atoms with van der Waals surface area (Å²) >= 11 is 0. The molecule has 4 unspecified atom stereocenters.